The van der Waals surface area contributed by atoms with Crippen LogP contribution in [0.2, 0.25) is 0 Å². The minimum Gasteiger partial charge on any atom is -0.395 e. The van der Waals surface area contributed by atoms with Crippen molar-refractivity contribution in [3.05, 3.63) is 30.3 Å². The Bertz CT molecular complexity index is 650. The van der Waals surface area contributed by atoms with Crippen molar-refractivity contribution in [2.75, 3.05) is 24.6 Å². The van der Waals surface area contributed by atoms with Gasteiger partial charge in [-0.15, -0.1) is 12.4 Å². The third kappa shape index (κ3) is 3.59. The molecule has 4 nitrogen and oxygen atoms in total. The first-order chi connectivity index (χ1) is 13.1. The number of rotatable bonds is 4. The Balaban J connectivity index is 0.00000225. The van der Waals surface area contributed by atoms with Crippen molar-refractivity contribution in [3.63, 3.8) is 0 Å². The van der Waals surface area contributed by atoms with Crippen LogP contribution in [0.3, 0.4) is 0 Å². The number of carbonyl (C=O) groups is 1. The van der Waals surface area contributed by atoms with Gasteiger partial charge in [0.05, 0.1) is 18.1 Å². The number of carbonyl (C=O) groups excluding carboxylic acids is 1. The lowest BCUT2D eigenvalue weighted by molar-refractivity contribution is -0.140. The molecule has 3 aliphatic rings. The monoisotopic (exact) mass is 406 g/mol. The number of aliphatic hydroxyl groups excluding tert-OH is 1. The summed E-state index contributed by atoms with van der Waals surface area (Å²) >= 11 is 0. The fourth-order valence-corrected chi connectivity index (χ4v) is 5.89. The third-order valence-electron chi connectivity index (χ3n) is 7.67. The van der Waals surface area contributed by atoms with Crippen LogP contribution >= 0.6 is 12.4 Å². The van der Waals surface area contributed by atoms with Gasteiger partial charge < -0.3 is 14.9 Å². The van der Waals surface area contributed by atoms with E-state index in [0.29, 0.717) is 6.04 Å². The number of hydrogen-bond acceptors (Lipinski definition) is 3. The summed E-state index contributed by atoms with van der Waals surface area (Å²) in [6.07, 6.45) is 7.31. The zero-order valence-electron chi connectivity index (χ0n) is 17.2. The number of β-lactam (4-membered cyclic amide) rings is 1. The molecule has 1 amide bonds. The van der Waals surface area contributed by atoms with Gasteiger partial charge in [0.15, 0.2) is 0 Å². The van der Waals surface area contributed by atoms with E-state index in [2.05, 4.69) is 18.7 Å². The first-order valence-corrected chi connectivity index (χ1v) is 10.8. The molecule has 1 saturated carbocycles. The lowest BCUT2D eigenvalue weighted by Crippen LogP contribution is -2.75. The average Bonchev–Trinajstić information content (AvgIpc) is 2.70. The summed E-state index contributed by atoms with van der Waals surface area (Å²) in [5, 5.41) is 9.87. The molecule has 1 aromatic carbocycles. The van der Waals surface area contributed by atoms with E-state index < -0.39 is 0 Å². The topological polar surface area (TPSA) is 43.8 Å². The van der Waals surface area contributed by atoms with Crippen molar-refractivity contribution in [3.8, 4) is 0 Å². The van der Waals surface area contributed by atoms with Crippen LogP contribution in [-0.2, 0) is 4.79 Å². The molecular formula is C23H35ClN2O2. The molecule has 1 N–H and O–H groups in total. The van der Waals surface area contributed by atoms with Crippen molar-refractivity contribution in [1.29, 1.82) is 0 Å². The molecule has 2 heterocycles. The fourth-order valence-electron chi connectivity index (χ4n) is 5.89. The molecule has 1 spiro atoms. The Morgan fingerprint density at radius 1 is 1.07 bits per heavy atom. The van der Waals surface area contributed by atoms with Crippen LogP contribution in [0.5, 0.6) is 0 Å². The second-order valence-electron chi connectivity index (χ2n) is 9.20. The number of amides is 1. The molecule has 0 bridgehead atoms. The SMILES string of the molecule is CC(C)C1CCC(N2CCC3(CC2)C(CO)C(=O)N3c2ccccc2)CC1.Cl. The number of likely N-dealkylation sites (tertiary alicyclic amines) is 1. The van der Waals surface area contributed by atoms with Gasteiger partial charge in [-0.05, 0) is 62.5 Å². The highest BCUT2D eigenvalue weighted by Gasteiger charge is 2.60. The number of para-hydroxylation sites is 1. The van der Waals surface area contributed by atoms with Crippen LogP contribution in [0, 0.1) is 17.8 Å². The number of halogens is 1. The summed E-state index contributed by atoms with van der Waals surface area (Å²) in [7, 11) is 0. The Morgan fingerprint density at radius 2 is 1.68 bits per heavy atom. The maximum absolute atomic E-state index is 12.7. The molecule has 1 atom stereocenters. The first kappa shape index (κ1) is 21.6. The molecule has 2 saturated heterocycles. The van der Waals surface area contributed by atoms with Crippen LogP contribution in [-0.4, -0.2) is 47.2 Å². The smallest absolute Gasteiger partial charge is 0.235 e. The van der Waals surface area contributed by atoms with Crippen LogP contribution in [0.4, 0.5) is 5.69 Å². The van der Waals surface area contributed by atoms with Gasteiger partial charge in [-0.25, -0.2) is 0 Å². The molecule has 3 fully saturated rings. The second kappa shape index (κ2) is 8.73. The summed E-state index contributed by atoms with van der Waals surface area (Å²) in [6.45, 7) is 6.78. The van der Waals surface area contributed by atoms with Gasteiger partial charge in [0.2, 0.25) is 5.91 Å². The molecule has 2 aliphatic heterocycles. The highest BCUT2D eigenvalue weighted by molar-refractivity contribution is 6.05. The second-order valence-corrected chi connectivity index (χ2v) is 9.20. The molecule has 0 aromatic heterocycles. The van der Waals surface area contributed by atoms with Crippen LogP contribution in [0.25, 0.3) is 0 Å². The number of nitrogens with zero attached hydrogens (tertiary/aromatic N) is 2. The minimum atomic E-state index is -0.225. The fraction of sp³-hybridized carbons (Fsp3) is 0.696. The predicted octanol–water partition coefficient (Wildman–Crippen LogP) is 4.11. The first-order valence-electron chi connectivity index (χ1n) is 10.8. The molecule has 4 rings (SSSR count). The minimum absolute atomic E-state index is 0. The van der Waals surface area contributed by atoms with Crippen molar-refractivity contribution >= 4 is 24.0 Å². The Labute approximate surface area is 175 Å². The normalized spacial score (nSPS) is 30.2. The van der Waals surface area contributed by atoms with Gasteiger partial charge in [0.1, 0.15) is 0 Å². The van der Waals surface area contributed by atoms with Crippen molar-refractivity contribution < 1.29 is 9.90 Å². The number of anilines is 1. The van der Waals surface area contributed by atoms with Gasteiger partial charge in [0.25, 0.3) is 0 Å². The standard InChI is InChI=1S/C23H34N2O2.ClH/c1-17(2)18-8-10-19(11-9-18)24-14-12-23(13-15-24)21(16-26)22(27)25(23)20-6-4-3-5-7-20;/h3-7,17-19,21,26H,8-16H2,1-2H3;1H. The van der Waals surface area contributed by atoms with Crippen LogP contribution in [0.1, 0.15) is 52.4 Å². The molecule has 0 radical (unpaired) electrons. The zero-order valence-corrected chi connectivity index (χ0v) is 18.0. The van der Waals surface area contributed by atoms with E-state index in [-0.39, 0.29) is 36.4 Å². The lowest BCUT2D eigenvalue weighted by atomic mass is 9.66. The van der Waals surface area contributed by atoms with E-state index in [1.807, 2.05) is 35.2 Å². The van der Waals surface area contributed by atoms with Crippen molar-refractivity contribution in [2.24, 2.45) is 17.8 Å². The third-order valence-corrected chi connectivity index (χ3v) is 7.67. The predicted molar refractivity (Wildman–Crippen MR) is 116 cm³/mol. The van der Waals surface area contributed by atoms with E-state index in [1.54, 1.807) is 0 Å². The van der Waals surface area contributed by atoms with E-state index in [1.165, 1.54) is 25.7 Å². The van der Waals surface area contributed by atoms with Crippen LogP contribution in [0.15, 0.2) is 30.3 Å². The summed E-state index contributed by atoms with van der Waals surface area (Å²) < 4.78 is 0. The van der Waals surface area contributed by atoms with Gasteiger partial charge in [-0.2, -0.15) is 0 Å². The quantitative estimate of drug-likeness (QED) is 0.765. The van der Waals surface area contributed by atoms with Gasteiger partial charge in [-0.3, -0.25) is 4.79 Å². The molecule has 1 aromatic rings. The average molecular weight is 407 g/mol. The molecular weight excluding hydrogens is 372 g/mol. The van der Waals surface area contributed by atoms with Gasteiger partial charge >= 0.3 is 0 Å². The van der Waals surface area contributed by atoms with Crippen LogP contribution < -0.4 is 4.90 Å². The number of aliphatic hydroxyl groups is 1. The maximum Gasteiger partial charge on any atom is 0.235 e. The Hall–Kier alpha value is -1.10. The van der Waals surface area contributed by atoms with E-state index in [0.717, 1.165) is 43.5 Å². The summed E-state index contributed by atoms with van der Waals surface area (Å²) in [6, 6.07) is 10.7. The van der Waals surface area contributed by atoms with Gasteiger partial charge in [0, 0.05) is 24.8 Å². The maximum atomic E-state index is 12.7. The van der Waals surface area contributed by atoms with Gasteiger partial charge in [-0.1, -0.05) is 32.0 Å². The largest absolute Gasteiger partial charge is 0.395 e. The van der Waals surface area contributed by atoms with Crippen molar-refractivity contribution in [1.82, 2.24) is 4.90 Å². The molecule has 156 valence electrons. The number of piperidine rings is 1. The van der Waals surface area contributed by atoms with E-state index in [9.17, 15) is 9.90 Å². The Morgan fingerprint density at radius 3 is 2.21 bits per heavy atom. The van der Waals surface area contributed by atoms with E-state index in [4.69, 9.17) is 0 Å². The molecule has 1 aliphatic carbocycles. The highest BCUT2D eigenvalue weighted by Crippen LogP contribution is 2.48. The molecule has 5 heteroatoms. The lowest BCUT2D eigenvalue weighted by Gasteiger charge is -2.60. The molecule has 28 heavy (non-hydrogen) atoms. The highest BCUT2D eigenvalue weighted by atomic mass is 35.5. The Kier molecular flexibility index (Phi) is 6.73. The number of hydrogen-bond donors (Lipinski definition) is 1. The summed E-state index contributed by atoms with van der Waals surface area (Å²) in [5.74, 6) is 1.57. The molecule has 1 unspecified atom stereocenters. The number of benzene rings is 1. The van der Waals surface area contributed by atoms with E-state index >= 15 is 0 Å². The zero-order chi connectivity index (χ0) is 19.0. The van der Waals surface area contributed by atoms with Crippen molar-refractivity contribution in [2.45, 2.75) is 64.0 Å². The summed E-state index contributed by atoms with van der Waals surface area (Å²) in [5.41, 5.74) is 0.803. The summed E-state index contributed by atoms with van der Waals surface area (Å²) in [4.78, 5) is 17.4.